The van der Waals surface area contributed by atoms with Crippen molar-refractivity contribution < 1.29 is 22.7 Å². The van der Waals surface area contributed by atoms with E-state index < -0.39 is 22.5 Å². The summed E-state index contributed by atoms with van der Waals surface area (Å²) in [6.07, 6.45) is 0.593. The highest BCUT2D eigenvalue weighted by atomic mass is 32.2. The number of benzene rings is 1. The van der Waals surface area contributed by atoms with Gasteiger partial charge in [-0.25, -0.2) is 8.42 Å². The normalized spacial score (nSPS) is 17.0. The second kappa shape index (κ2) is 6.67. The van der Waals surface area contributed by atoms with E-state index in [2.05, 4.69) is 4.72 Å². The third-order valence-corrected chi connectivity index (χ3v) is 5.03. The van der Waals surface area contributed by atoms with Gasteiger partial charge in [0.1, 0.15) is 6.54 Å². The zero-order chi connectivity index (χ0) is 17.2. The number of esters is 1. The summed E-state index contributed by atoms with van der Waals surface area (Å²) in [5.74, 6) is -0.707. The predicted molar refractivity (Wildman–Crippen MR) is 84.6 cm³/mol. The summed E-state index contributed by atoms with van der Waals surface area (Å²) in [5, 5.41) is 0. The lowest BCUT2D eigenvalue weighted by Crippen LogP contribution is -2.33. The second-order valence-electron chi connectivity index (χ2n) is 5.36. The molecule has 1 atom stereocenters. The van der Waals surface area contributed by atoms with Crippen LogP contribution in [0.5, 0.6) is 0 Å². The van der Waals surface area contributed by atoms with Crippen LogP contribution in [0.1, 0.15) is 26.3 Å². The van der Waals surface area contributed by atoms with Gasteiger partial charge in [0.2, 0.25) is 15.9 Å². The van der Waals surface area contributed by atoms with Crippen LogP contribution >= 0.6 is 0 Å². The zero-order valence-electron chi connectivity index (χ0n) is 13.3. The molecule has 8 heteroatoms. The van der Waals surface area contributed by atoms with E-state index in [0.29, 0.717) is 6.42 Å². The van der Waals surface area contributed by atoms with Crippen molar-refractivity contribution >= 4 is 27.6 Å². The quantitative estimate of drug-likeness (QED) is 0.801. The van der Waals surface area contributed by atoms with Gasteiger partial charge in [-0.3, -0.25) is 9.59 Å². The highest BCUT2D eigenvalue weighted by Crippen LogP contribution is 2.33. The van der Waals surface area contributed by atoms with E-state index in [1.54, 1.807) is 24.0 Å². The van der Waals surface area contributed by atoms with E-state index in [4.69, 9.17) is 4.74 Å². The molecule has 1 aromatic rings. The number of rotatable bonds is 5. The zero-order valence-corrected chi connectivity index (χ0v) is 14.1. The Morgan fingerprint density at radius 3 is 2.70 bits per heavy atom. The van der Waals surface area contributed by atoms with Crippen molar-refractivity contribution in [1.82, 2.24) is 4.72 Å². The van der Waals surface area contributed by atoms with Crippen molar-refractivity contribution in [3.8, 4) is 0 Å². The third-order valence-electron chi connectivity index (χ3n) is 3.63. The van der Waals surface area contributed by atoms with Crippen LogP contribution in [0.2, 0.25) is 0 Å². The molecule has 0 aromatic heterocycles. The van der Waals surface area contributed by atoms with Crippen LogP contribution in [0.25, 0.3) is 0 Å². The van der Waals surface area contributed by atoms with Gasteiger partial charge < -0.3 is 9.64 Å². The first-order valence-electron chi connectivity index (χ1n) is 7.34. The predicted octanol–water partition coefficient (Wildman–Crippen LogP) is 0.825. The summed E-state index contributed by atoms with van der Waals surface area (Å²) in [6, 6.07) is 4.59. The molecular weight excluding hydrogens is 320 g/mol. The van der Waals surface area contributed by atoms with Gasteiger partial charge in [-0.15, -0.1) is 0 Å². The Labute approximate surface area is 135 Å². The van der Waals surface area contributed by atoms with Crippen molar-refractivity contribution in [3.05, 3.63) is 23.8 Å². The first-order valence-corrected chi connectivity index (χ1v) is 8.82. The lowest BCUT2D eigenvalue weighted by atomic mass is 10.1. The molecule has 0 saturated heterocycles. The van der Waals surface area contributed by atoms with E-state index >= 15 is 0 Å². The van der Waals surface area contributed by atoms with Crippen molar-refractivity contribution in [3.63, 3.8) is 0 Å². The topological polar surface area (TPSA) is 92.8 Å². The molecule has 1 unspecified atom stereocenters. The standard InChI is InChI=1S/C15H20N2O5S/c1-4-22-15(19)9-16-23(20,21)13-5-6-14-12(8-13)7-10(2)17(14)11(3)18/h5-6,8,10,16H,4,7,9H2,1-3H3. The van der Waals surface area contributed by atoms with Crippen LogP contribution < -0.4 is 9.62 Å². The maximum absolute atomic E-state index is 12.2. The average Bonchev–Trinajstić information content (AvgIpc) is 2.80. The van der Waals surface area contributed by atoms with E-state index in [0.717, 1.165) is 11.3 Å². The van der Waals surface area contributed by atoms with Gasteiger partial charge in [-0.05, 0) is 44.0 Å². The lowest BCUT2D eigenvalue weighted by Gasteiger charge is -2.20. The van der Waals surface area contributed by atoms with Crippen molar-refractivity contribution in [1.29, 1.82) is 0 Å². The number of anilines is 1. The molecule has 1 aromatic carbocycles. The summed E-state index contributed by atoms with van der Waals surface area (Å²) >= 11 is 0. The number of amides is 1. The van der Waals surface area contributed by atoms with E-state index in [9.17, 15) is 18.0 Å². The van der Waals surface area contributed by atoms with Gasteiger partial charge in [0.25, 0.3) is 0 Å². The van der Waals surface area contributed by atoms with Gasteiger partial charge in [0, 0.05) is 18.7 Å². The molecule has 0 radical (unpaired) electrons. The fraction of sp³-hybridized carbons (Fsp3) is 0.467. The van der Waals surface area contributed by atoms with Crippen LogP contribution in [-0.4, -0.2) is 39.5 Å². The Hall–Kier alpha value is -1.93. The van der Waals surface area contributed by atoms with Gasteiger partial charge >= 0.3 is 5.97 Å². The Kier molecular flexibility index (Phi) is 5.06. The molecule has 126 valence electrons. The summed E-state index contributed by atoms with van der Waals surface area (Å²) in [6.45, 7) is 4.82. The molecule has 0 fully saturated rings. The number of hydrogen-bond acceptors (Lipinski definition) is 5. The van der Waals surface area contributed by atoms with Crippen LogP contribution in [0, 0.1) is 0 Å². The largest absolute Gasteiger partial charge is 0.465 e. The molecule has 2 rings (SSSR count). The third kappa shape index (κ3) is 3.70. The Balaban J connectivity index is 2.21. The first kappa shape index (κ1) is 17.4. The molecule has 0 bridgehead atoms. The fourth-order valence-electron chi connectivity index (χ4n) is 2.70. The van der Waals surface area contributed by atoms with E-state index in [1.807, 2.05) is 6.92 Å². The minimum atomic E-state index is -3.80. The van der Waals surface area contributed by atoms with Gasteiger partial charge in [0.15, 0.2) is 0 Å². The van der Waals surface area contributed by atoms with Gasteiger partial charge in [0.05, 0.1) is 11.5 Å². The van der Waals surface area contributed by atoms with Crippen LogP contribution in [-0.2, 0) is 30.8 Å². The second-order valence-corrected chi connectivity index (χ2v) is 7.13. The number of ether oxygens (including phenoxy) is 1. The van der Waals surface area contributed by atoms with E-state index in [-0.39, 0.29) is 23.5 Å². The monoisotopic (exact) mass is 340 g/mol. The van der Waals surface area contributed by atoms with Gasteiger partial charge in [-0.2, -0.15) is 4.72 Å². The highest BCUT2D eigenvalue weighted by Gasteiger charge is 2.30. The van der Waals surface area contributed by atoms with Crippen LogP contribution in [0.15, 0.2) is 23.1 Å². The Bertz CT molecular complexity index is 729. The summed E-state index contributed by atoms with van der Waals surface area (Å²) < 4.78 is 31.4. The number of fused-ring (bicyclic) bond motifs is 1. The molecule has 0 spiro atoms. The van der Waals surface area contributed by atoms with Gasteiger partial charge in [-0.1, -0.05) is 0 Å². The highest BCUT2D eigenvalue weighted by molar-refractivity contribution is 7.89. The molecule has 1 N–H and O–H groups in total. The van der Waals surface area contributed by atoms with Crippen molar-refractivity contribution in [2.75, 3.05) is 18.1 Å². The molecule has 7 nitrogen and oxygen atoms in total. The lowest BCUT2D eigenvalue weighted by molar-refractivity contribution is -0.141. The van der Waals surface area contributed by atoms with Crippen LogP contribution in [0.3, 0.4) is 0 Å². The maximum Gasteiger partial charge on any atom is 0.321 e. The molecule has 0 saturated carbocycles. The number of hydrogen-bond donors (Lipinski definition) is 1. The molecule has 1 aliphatic heterocycles. The maximum atomic E-state index is 12.2. The van der Waals surface area contributed by atoms with Crippen molar-refractivity contribution in [2.24, 2.45) is 0 Å². The first-order chi connectivity index (χ1) is 10.8. The van der Waals surface area contributed by atoms with Crippen LogP contribution in [0.4, 0.5) is 5.69 Å². The number of sulfonamides is 1. The minimum Gasteiger partial charge on any atom is -0.465 e. The minimum absolute atomic E-state index is 0.00653. The summed E-state index contributed by atoms with van der Waals surface area (Å²) in [4.78, 5) is 24.7. The molecule has 23 heavy (non-hydrogen) atoms. The smallest absolute Gasteiger partial charge is 0.321 e. The number of carbonyl (C=O) groups is 2. The van der Waals surface area contributed by atoms with E-state index in [1.165, 1.54) is 13.0 Å². The molecular formula is C15H20N2O5S. The molecule has 1 aliphatic rings. The Morgan fingerprint density at radius 1 is 1.39 bits per heavy atom. The number of carbonyl (C=O) groups excluding carboxylic acids is 2. The molecule has 0 aliphatic carbocycles. The fourth-order valence-corrected chi connectivity index (χ4v) is 3.72. The molecule has 1 heterocycles. The molecule has 1 amide bonds. The summed E-state index contributed by atoms with van der Waals surface area (Å²) in [7, 11) is -3.80. The number of nitrogens with one attached hydrogen (secondary N) is 1. The Morgan fingerprint density at radius 2 is 2.09 bits per heavy atom. The number of nitrogens with zero attached hydrogens (tertiary/aromatic N) is 1. The average molecular weight is 340 g/mol. The SMILES string of the molecule is CCOC(=O)CNS(=O)(=O)c1ccc2c(c1)CC(C)N2C(C)=O. The van der Waals surface area contributed by atoms with Crippen molar-refractivity contribution in [2.45, 2.75) is 38.1 Å². The summed E-state index contributed by atoms with van der Waals surface area (Å²) in [5.41, 5.74) is 1.53.